The van der Waals surface area contributed by atoms with Crippen LogP contribution in [0.2, 0.25) is 5.02 Å². The minimum atomic E-state index is 0.167. The molecule has 0 spiro atoms. The maximum Gasteiger partial charge on any atom is 0.117 e. The van der Waals surface area contributed by atoms with Gasteiger partial charge >= 0.3 is 0 Å². The second kappa shape index (κ2) is 8.95. The lowest BCUT2D eigenvalue weighted by Gasteiger charge is -2.17. The Balaban J connectivity index is 1.77. The van der Waals surface area contributed by atoms with Gasteiger partial charge < -0.3 is 4.57 Å². The average molecular weight is 482 g/mol. The van der Waals surface area contributed by atoms with Crippen LogP contribution in [0.15, 0.2) is 71.2 Å². The van der Waals surface area contributed by atoms with E-state index in [2.05, 4.69) is 83.7 Å². The van der Waals surface area contributed by atoms with Crippen molar-refractivity contribution in [2.75, 3.05) is 0 Å². The third-order valence-corrected chi connectivity index (χ3v) is 6.57. The van der Waals surface area contributed by atoms with E-state index in [1.165, 1.54) is 11.1 Å². The fourth-order valence-electron chi connectivity index (χ4n) is 3.99. The lowest BCUT2D eigenvalue weighted by Crippen LogP contribution is -2.10. The molecule has 0 fully saturated rings. The van der Waals surface area contributed by atoms with Crippen molar-refractivity contribution < 1.29 is 0 Å². The highest BCUT2D eigenvalue weighted by Gasteiger charge is 2.20. The summed E-state index contributed by atoms with van der Waals surface area (Å²) in [7, 11) is 0. The number of hydrogen-bond acceptors (Lipinski definition) is 1. The van der Waals surface area contributed by atoms with E-state index in [0.717, 1.165) is 38.3 Å². The third-order valence-electron chi connectivity index (χ3n) is 5.56. The van der Waals surface area contributed by atoms with Gasteiger partial charge in [0.25, 0.3) is 0 Å². The van der Waals surface area contributed by atoms with Crippen molar-refractivity contribution in [2.45, 2.75) is 39.7 Å². The summed E-state index contributed by atoms with van der Waals surface area (Å²) >= 11 is 10.2. The summed E-state index contributed by atoms with van der Waals surface area (Å²) in [5.41, 5.74) is 5.85. The SMILES string of the molecule is CC(C)Cc1ccc(C(C)c2nc3c(Br)cccc3n2Cc2ccccc2Cl)cc1. The van der Waals surface area contributed by atoms with Crippen LogP contribution in [0.4, 0.5) is 0 Å². The second-order valence-electron chi connectivity index (χ2n) is 8.32. The Morgan fingerprint density at radius 2 is 1.67 bits per heavy atom. The molecule has 2 nitrogen and oxygen atoms in total. The van der Waals surface area contributed by atoms with Gasteiger partial charge in [0.15, 0.2) is 0 Å². The van der Waals surface area contributed by atoms with Gasteiger partial charge in [0.2, 0.25) is 0 Å². The van der Waals surface area contributed by atoms with Crippen molar-refractivity contribution in [1.29, 1.82) is 0 Å². The molecule has 0 N–H and O–H groups in total. The van der Waals surface area contributed by atoms with E-state index in [4.69, 9.17) is 16.6 Å². The summed E-state index contributed by atoms with van der Waals surface area (Å²) in [4.78, 5) is 5.06. The number of benzene rings is 3. The molecule has 1 unspecified atom stereocenters. The molecule has 0 aliphatic rings. The molecule has 1 heterocycles. The predicted molar refractivity (Wildman–Crippen MR) is 130 cm³/mol. The van der Waals surface area contributed by atoms with E-state index in [-0.39, 0.29) is 5.92 Å². The first-order valence-electron chi connectivity index (χ1n) is 10.4. The molecule has 1 atom stereocenters. The molecule has 0 amide bonds. The van der Waals surface area contributed by atoms with E-state index >= 15 is 0 Å². The summed E-state index contributed by atoms with van der Waals surface area (Å²) in [6.07, 6.45) is 1.10. The van der Waals surface area contributed by atoms with Gasteiger partial charge in [-0.05, 0) is 63.2 Å². The maximum absolute atomic E-state index is 6.49. The number of imidazole rings is 1. The summed E-state index contributed by atoms with van der Waals surface area (Å²) in [6.45, 7) is 7.43. The van der Waals surface area contributed by atoms with Gasteiger partial charge in [0, 0.05) is 15.4 Å². The van der Waals surface area contributed by atoms with Gasteiger partial charge in [-0.1, -0.05) is 80.9 Å². The van der Waals surface area contributed by atoms with E-state index in [0.29, 0.717) is 12.5 Å². The zero-order chi connectivity index (χ0) is 21.3. The van der Waals surface area contributed by atoms with Crippen LogP contribution in [-0.4, -0.2) is 9.55 Å². The highest BCUT2D eigenvalue weighted by molar-refractivity contribution is 9.10. The van der Waals surface area contributed by atoms with Crippen molar-refractivity contribution >= 4 is 38.6 Å². The van der Waals surface area contributed by atoms with Gasteiger partial charge in [0.05, 0.1) is 12.1 Å². The van der Waals surface area contributed by atoms with Crippen LogP contribution >= 0.6 is 27.5 Å². The van der Waals surface area contributed by atoms with Crippen LogP contribution in [0.25, 0.3) is 11.0 Å². The molecule has 4 heteroatoms. The second-order valence-corrected chi connectivity index (χ2v) is 9.58. The van der Waals surface area contributed by atoms with Gasteiger partial charge in [-0.3, -0.25) is 0 Å². The Morgan fingerprint density at radius 3 is 2.37 bits per heavy atom. The average Bonchev–Trinajstić information content (AvgIpc) is 3.09. The summed E-state index contributed by atoms with van der Waals surface area (Å²) in [6, 6.07) is 23.3. The number of para-hydroxylation sites is 1. The third kappa shape index (κ3) is 4.33. The van der Waals surface area contributed by atoms with E-state index in [9.17, 15) is 0 Å². The minimum Gasteiger partial charge on any atom is -0.323 e. The topological polar surface area (TPSA) is 17.8 Å². The first kappa shape index (κ1) is 21.1. The van der Waals surface area contributed by atoms with Gasteiger partial charge in [-0.15, -0.1) is 0 Å². The fourth-order valence-corrected chi connectivity index (χ4v) is 4.63. The molecule has 0 aliphatic heterocycles. The normalized spacial score (nSPS) is 12.6. The van der Waals surface area contributed by atoms with Crippen molar-refractivity contribution in [3.63, 3.8) is 0 Å². The molecule has 0 bridgehead atoms. The minimum absolute atomic E-state index is 0.167. The molecule has 4 aromatic rings. The maximum atomic E-state index is 6.49. The summed E-state index contributed by atoms with van der Waals surface area (Å²) in [5.74, 6) is 1.87. The van der Waals surface area contributed by atoms with Crippen molar-refractivity contribution in [2.24, 2.45) is 5.92 Å². The molecule has 0 saturated carbocycles. The largest absolute Gasteiger partial charge is 0.323 e. The monoisotopic (exact) mass is 480 g/mol. The number of rotatable bonds is 6. The Hall–Kier alpha value is -2.10. The number of nitrogens with zero attached hydrogens (tertiary/aromatic N) is 2. The number of fused-ring (bicyclic) bond motifs is 1. The molecular formula is C26H26BrClN2. The van der Waals surface area contributed by atoms with Crippen molar-refractivity contribution in [3.8, 4) is 0 Å². The highest BCUT2D eigenvalue weighted by atomic mass is 79.9. The van der Waals surface area contributed by atoms with E-state index < -0.39 is 0 Å². The summed E-state index contributed by atoms with van der Waals surface area (Å²) in [5, 5.41) is 0.783. The summed E-state index contributed by atoms with van der Waals surface area (Å²) < 4.78 is 3.31. The Bertz CT molecular complexity index is 1160. The molecular weight excluding hydrogens is 456 g/mol. The quantitative estimate of drug-likeness (QED) is 0.274. The van der Waals surface area contributed by atoms with Crippen molar-refractivity contribution in [3.05, 3.63) is 98.7 Å². The zero-order valence-electron chi connectivity index (χ0n) is 17.6. The molecule has 0 saturated heterocycles. The van der Waals surface area contributed by atoms with Crippen LogP contribution in [0, 0.1) is 5.92 Å². The van der Waals surface area contributed by atoms with Gasteiger partial charge in [-0.25, -0.2) is 4.98 Å². The van der Waals surface area contributed by atoms with Crippen LogP contribution in [-0.2, 0) is 13.0 Å². The molecule has 0 aliphatic carbocycles. The van der Waals surface area contributed by atoms with Crippen molar-refractivity contribution in [1.82, 2.24) is 9.55 Å². The number of halogens is 2. The molecule has 4 rings (SSSR count). The zero-order valence-corrected chi connectivity index (χ0v) is 19.9. The van der Waals surface area contributed by atoms with Crippen LogP contribution in [0.5, 0.6) is 0 Å². The van der Waals surface area contributed by atoms with Crippen LogP contribution in [0.3, 0.4) is 0 Å². The molecule has 154 valence electrons. The smallest absolute Gasteiger partial charge is 0.117 e. The highest BCUT2D eigenvalue weighted by Crippen LogP contribution is 2.32. The standard InChI is InChI=1S/C26H26BrClN2/c1-17(2)15-19-11-13-20(14-12-19)18(3)26-29-25-22(27)8-6-10-24(25)30(26)16-21-7-4-5-9-23(21)28/h4-14,17-18H,15-16H2,1-3H3. The molecule has 30 heavy (non-hydrogen) atoms. The first-order chi connectivity index (χ1) is 14.4. The number of hydrogen-bond donors (Lipinski definition) is 0. The van der Waals surface area contributed by atoms with Gasteiger partial charge in [0.1, 0.15) is 11.3 Å². The fraction of sp³-hybridized carbons (Fsp3) is 0.269. The first-order valence-corrected chi connectivity index (χ1v) is 11.6. The lowest BCUT2D eigenvalue weighted by atomic mass is 9.96. The van der Waals surface area contributed by atoms with Crippen LogP contribution in [0.1, 0.15) is 49.2 Å². The van der Waals surface area contributed by atoms with Crippen LogP contribution < -0.4 is 0 Å². The molecule has 3 aromatic carbocycles. The predicted octanol–water partition coefficient (Wildman–Crippen LogP) is 7.85. The van der Waals surface area contributed by atoms with E-state index in [1.54, 1.807) is 0 Å². The molecule has 1 aromatic heterocycles. The Labute approximate surface area is 192 Å². The Kier molecular flexibility index (Phi) is 6.31. The van der Waals surface area contributed by atoms with Gasteiger partial charge in [-0.2, -0.15) is 0 Å². The van der Waals surface area contributed by atoms with E-state index in [1.807, 2.05) is 24.3 Å². The molecule has 0 radical (unpaired) electrons. The lowest BCUT2D eigenvalue weighted by molar-refractivity contribution is 0.646. The Morgan fingerprint density at radius 1 is 0.933 bits per heavy atom. The number of aromatic nitrogens is 2.